The van der Waals surface area contributed by atoms with Crippen LogP contribution in [-0.4, -0.2) is 20.0 Å². The fourth-order valence-electron chi connectivity index (χ4n) is 1.87. The number of halogens is 3. The molecular weight excluding hydrogens is 423 g/mol. The van der Waals surface area contributed by atoms with E-state index in [0.717, 1.165) is 4.47 Å². The van der Waals surface area contributed by atoms with Gasteiger partial charge < -0.3 is 9.47 Å². The van der Waals surface area contributed by atoms with Crippen molar-refractivity contribution in [3.8, 4) is 11.5 Å². The molecule has 0 saturated heterocycles. The third kappa shape index (κ3) is 3.59. The number of ether oxygens (including phenoxy) is 2. The van der Waals surface area contributed by atoms with Gasteiger partial charge in [-0.3, -0.25) is 4.79 Å². The van der Waals surface area contributed by atoms with Crippen LogP contribution in [0, 0.1) is 0 Å². The van der Waals surface area contributed by atoms with Gasteiger partial charge in [-0.05, 0) is 46.3 Å². The standard InChI is InChI=1S/C15H11Br2ClO3/c1-20-13-6-11(12(17)7-14(13)21-2)15(19)8-3-9(16)5-10(18)4-8/h3-7H,1-2H3. The highest BCUT2D eigenvalue weighted by Crippen LogP contribution is 2.34. The predicted molar refractivity (Wildman–Crippen MR) is 89.8 cm³/mol. The van der Waals surface area contributed by atoms with E-state index < -0.39 is 0 Å². The van der Waals surface area contributed by atoms with E-state index in [1.54, 1.807) is 37.4 Å². The van der Waals surface area contributed by atoms with Crippen molar-refractivity contribution in [1.82, 2.24) is 0 Å². The minimum Gasteiger partial charge on any atom is -0.493 e. The summed E-state index contributed by atoms with van der Waals surface area (Å²) in [7, 11) is 3.07. The number of carbonyl (C=O) groups excluding carboxylic acids is 1. The van der Waals surface area contributed by atoms with Crippen LogP contribution >= 0.6 is 43.5 Å². The Morgan fingerprint density at radius 3 is 2.19 bits per heavy atom. The molecule has 0 spiro atoms. The first-order valence-corrected chi connectivity index (χ1v) is 7.85. The number of ketones is 1. The highest BCUT2D eigenvalue weighted by molar-refractivity contribution is 9.10. The second-order valence-electron chi connectivity index (χ2n) is 4.17. The van der Waals surface area contributed by atoms with Crippen LogP contribution in [0.2, 0.25) is 5.02 Å². The van der Waals surface area contributed by atoms with E-state index in [9.17, 15) is 4.79 Å². The van der Waals surface area contributed by atoms with Gasteiger partial charge in [0, 0.05) is 25.1 Å². The lowest BCUT2D eigenvalue weighted by atomic mass is 10.0. The second-order valence-corrected chi connectivity index (χ2v) is 6.38. The van der Waals surface area contributed by atoms with E-state index >= 15 is 0 Å². The molecule has 0 heterocycles. The second kappa shape index (κ2) is 6.81. The molecule has 0 aliphatic rings. The molecule has 2 aromatic carbocycles. The average Bonchev–Trinajstić information content (AvgIpc) is 2.45. The van der Waals surface area contributed by atoms with Gasteiger partial charge in [0.1, 0.15) is 0 Å². The van der Waals surface area contributed by atoms with Crippen LogP contribution in [0.1, 0.15) is 15.9 Å². The maximum atomic E-state index is 12.6. The van der Waals surface area contributed by atoms with Gasteiger partial charge in [0.15, 0.2) is 17.3 Å². The summed E-state index contributed by atoms with van der Waals surface area (Å²) in [4.78, 5) is 12.6. The average molecular weight is 435 g/mol. The molecule has 2 rings (SSSR count). The molecule has 2 aromatic rings. The number of methoxy groups -OCH3 is 2. The lowest BCUT2D eigenvalue weighted by molar-refractivity contribution is 0.103. The molecule has 0 unspecified atom stereocenters. The first kappa shape index (κ1) is 16.3. The molecule has 3 nitrogen and oxygen atoms in total. The van der Waals surface area contributed by atoms with E-state index in [1.807, 2.05) is 0 Å². The van der Waals surface area contributed by atoms with Gasteiger partial charge in [-0.2, -0.15) is 0 Å². The molecule has 0 bridgehead atoms. The summed E-state index contributed by atoms with van der Waals surface area (Å²) in [6, 6.07) is 8.41. The zero-order chi connectivity index (χ0) is 15.6. The molecule has 0 radical (unpaired) electrons. The molecule has 0 saturated carbocycles. The summed E-state index contributed by atoms with van der Waals surface area (Å²) in [5.74, 6) is 0.879. The predicted octanol–water partition coefficient (Wildman–Crippen LogP) is 5.11. The van der Waals surface area contributed by atoms with Gasteiger partial charge >= 0.3 is 0 Å². The molecule has 0 N–H and O–H groups in total. The molecule has 0 aliphatic heterocycles. The molecule has 0 fully saturated rings. The van der Waals surface area contributed by atoms with Gasteiger partial charge in [0.05, 0.1) is 14.2 Å². The Balaban J connectivity index is 2.52. The maximum Gasteiger partial charge on any atom is 0.194 e. The van der Waals surface area contributed by atoms with Crippen LogP contribution in [0.15, 0.2) is 39.3 Å². The fourth-order valence-corrected chi connectivity index (χ4v) is 3.23. The van der Waals surface area contributed by atoms with Crippen LogP contribution in [0.3, 0.4) is 0 Å². The van der Waals surface area contributed by atoms with Crippen molar-refractivity contribution >= 4 is 49.2 Å². The summed E-state index contributed by atoms with van der Waals surface area (Å²) in [6.45, 7) is 0. The van der Waals surface area contributed by atoms with E-state index in [0.29, 0.717) is 32.1 Å². The molecule has 21 heavy (non-hydrogen) atoms. The molecular formula is C15H11Br2ClO3. The smallest absolute Gasteiger partial charge is 0.194 e. The maximum absolute atomic E-state index is 12.6. The Labute approximate surface area is 144 Å². The van der Waals surface area contributed by atoms with Gasteiger partial charge in [0.25, 0.3) is 0 Å². The van der Waals surface area contributed by atoms with E-state index in [4.69, 9.17) is 21.1 Å². The van der Waals surface area contributed by atoms with Crippen molar-refractivity contribution in [3.63, 3.8) is 0 Å². The van der Waals surface area contributed by atoms with Gasteiger partial charge in [-0.25, -0.2) is 0 Å². The highest BCUT2D eigenvalue weighted by Gasteiger charge is 2.17. The van der Waals surface area contributed by atoms with Gasteiger partial charge in [-0.15, -0.1) is 0 Å². The summed E-state index contributed by atoms with van der Waals surface area (Å²) < 4.78 is 11.8. The zero-order valence-corrected chi connectivity index (χ0v) is 15.2. The Bertz CT molecular complexity index is 681. The Hall–Kier alpha value is -1.04. The van der Waals surface area contributed by atoms with Crippen LogP contribution in [0.25, 0.3) is 0 Å². The van der Waals surface area contributed by atoms with Crippen molar-refractivity contribution < 1.29 is 14.3 Å². The van der Waals surface area contributed by atoms with Gasteiger partial charge in [0.2, 0.25) is 0 Å². The van der Waals surface area contributed by atoms with E-state index in [-0.39, 0.29) is 5.78 Å². The molecule has 0 aliphatic carbocycles. The SMILES string of the molecule is COc1cc(Br)c(C(=O)c2cc(Cl)cc(Br)c2)cc1OC. The minimum absolute atomic E-state index is 0.161. The van der Waals surface area contributed by atoms with Crippen molar-refractivity contribution in [2.24, 2.45) is 0 Å². The number of hydrogen-bond acceptors (Lipinski definition) is 3. The normalized spacial score (nSPS) is 10.3. The summed E-state index contributed by atoms with van der Waals surface area (Å²) in [5, 5.41) is 0.490. The third-order valence-electron chi connectivity index (χ3n) is 2.84. The third-order valence-corrected chi connectivity index (χ3v) is 4.17. The van der Waals surface area contributed by atoms with Crippen molar-refractivity contribution in [2.45, 2.75) is 0 Å². The number of carbonyl (C=O) groups is 1. The highest BCUT2D eigenvalue weighted by atomic mass is 79.9. The quantitative estimate of drug-likeness (QED) is 0.627. The van der Waals surface area contributed by atoms with Gasteiger partial charge in [-0.1, -0.05) is 27.5 Å². The van der Waals surface area contributed by atoms with Crippen LogP contribution in [0.4, 0.5) is 0 Å². The van der Waals surface area contributed by atoms with Crippen molar-refractivity contribution in [2.75, 3.05) is 14.2 Å². The largest absolute Gasteiger partial charge is 0.493 e. The van der Waals surface area contributed by atoms with E-state index in [2.05, 4.69) is 31.9 Å². The lowest BCUT2D eigenvalue weighted by Gasteiger charge is -2.11. The summed E-state index contributed by atoms with van der Waals surface area (Å²) >= 11 is 12.7. The number of rotatable bonds is 4. The molecule has 0 atom stereocenters. The lowest BCUT2D eigenvalue weighted by Crippen LogP contribution is -2.04. The van der Waals surface area contributed by atoms with Crippen molar-refractivity contribution in [3.05, 3.63) is 55.4 Å². The van der Waals surface area contributed by atoms with Crippen molar-refractivity contribution in [1.29, 1.82) is 0 Å². The van der Waals surface area contributed by atoms with E-state index in [1.165, 1.54) is 7.11 Å². The summed E-state index contributed by atoms with van der Waals surface area (Å²) in [6.07, 6.45) is 0. The monoisotopic (exact) mass is 432 g/mol. The van der Waals surface area contributed by atoms with Crippen LogP contribution in [-0.2, 0) is 0 Å². The molecule has 0 aromatic heterocycles. The molecule has 110 valence electrons. The Kier molecular flexibility index (Phi) is 5.30. The Morgan fingerprint density at radius 2 is 1.62 bits per heavy atom. The number of hydrogen-bond donors (Lipinski definition) is 0. The number of benzene rings is 2. The first-order valence-electron chi connectivity index (χ1n) is 5.88. The van der Waals surface area contributed by atoms with Crippen LogP contribution < -0.4 is 9.47 Å². The molecule has 6 heteroatoms. The van der Waals surface area contributed by atoms with Crippen LogP contribution in [0.5, 0.6) is 11.5 Å². The first-order chi connectivity index (χ1) is 9.96. The summed E-state index contributed by atoms with van der Waals surface area (Å²) in [5.41, 5.74) is 0.962. The fraction of sp³-hybridized carbons (Fsp3) is 0.133. The minimum atomic E-state index is -0.161. The molecule has 0 amide bonds. The topological polar surface area (TPSA) is 35.5 Å². The zero-order valence-electron chi connectivity index (χ0n) is 11.2. The Morgan fingerprint density at radius 1 is 1.00 bits per heavy atom.